The van der Waals surface area contributed by atoms with Crippen molar-refractivity contribution in [2.24, 2.45) is 0 Å². The van der Waals surface area contributed by atoms with Gasteiger partial charge in [-0.05, 0) is 13.0 Å². The van der Waals surface area contributed by atoms with Gasteiger partial charge in [-0.3, -0.25) is 19.1 Å². The molecule has 100 valence electrons. The number of carbonyl (C=O) groups excluding carboxylic acids is 1. The van der Waals surface area contributed by atoms with Gasteiger partial charge in [0.05, 0.1) is 5.56 Å². The SMILES string of the molecule is Cc1cc(C(=O)c2ccccc2)c2c(=O)[nH]c(=O)[nH]n12. The van der Waals surface area contributed by atoms with Crippen molar-refractivity contribution in [1.29, 1.82) is 0 Å². The van der Waals surface area contributed by atoms with Crippen LogP contribution in [-0.4, -0.2) is 20.4 Å². The average molecular weight is 269 g/mol. The van der Waals surface area contributed by atoms with Crippen molar-refractivity contribution in [2.75, 3.05) is 0 Å². The summed E-state index contributed by atoms with van der Waals surface area (Å²) < 4.78 is 1.33. The summed E-state index contributed by atoms with van der Waals surface area (Å²) in [6.07, 6.45) is 0. The third kappa shape index (κ3) is 1.78. The van der Waals surface area contributed by atoms with E-state index in [0.717, 1.165) is 0 Å². The maximum Gasteiger partial charge on any atom is 0.340 e. The summed E-state index contributed by atoms with van der Waals surface area (Å²) in [7, 11) is 0. The molecule has 6 nitrogen and oxygen atoms in total. The first-order valence-electron chi connectivity index (χ1n) is 6.02. The molecule has 2 aromatic heterocycles. The third-order valence-corrected chi connectivity index (χ3v) is 3.12. The highest BCUT2D eigenvalue weighted by atomic mass is 16.2. The highest BCUT2D eigenvalue weighted by Gasteiger charge is 2.18. The largest absolute Gasteiger partial charge is 0.340 e. The lowest BCUT2D eigenvalue weighted by Gasteiger charge is -1.99. The summed E-state index contributed by atoms with van der Waals surface area (Å²) in [5, 5.41) is 2.48. The van der Waals surface area contributed by atoms with Gasteiger partial charge in [-0.25, -0.2) is 9.89 Å². The molecule has 2 N–H and O–H groups in total. The normalized spacial score (nSPS) is 10.8. The van der Waals surface area contributed by atoms with E-state index in [9.17, 15) is 14.4 Å². The lowest BCUT2D eigenvalue weighted by atomic mass is 10.0. The summed E-state index contributed by atoms with van der Waals surface area (Å²) in [5.41, 5.74) is 0.330. The highest BCUT2D eigenvalue weighted by molar-refractivity contribution is 6.13. The molecule has 0 radical (unpaired) electrons. The van der Waals surface area contributed by atoms with Crippen molar-refractivity contribution in [3.8, 4) is 0 Å². The molecule has 0 aliphatic rings. The minimum atomic E-state index is -0.611. The molecular formula is C14H11N3O3. The van der Waals surface area contributed by atoms with Gasteiger partial charge < -0.3 is 0 Å². The van der Waals surface area contributed by atoms with Gasteiger partial charge in [0, 0.05) is 11.3 Å². The van der Waals surface area contributed by atoms with E-state index in [1.165, 1.54) is 4.52 Å². The molecule has 0 atom stereocenters. The number of benzene rings is 1. The van der Waals surface area contributed by atoms with E-state index in [1.807, 2.05) is 6.07 Å². The van der Waals surface area contributed by atoms with Gasteiger partial charge in [0.15, 0.2) is 5.78 Å². The monoisotopic (exact) mass is 269 g/mol. The van der Waals surface area contributed by atoms with E-state index >= 15 is 0 Å². The Morgan fingerprint density at radius 1 is 1.15 bits per heavy atom. The number of aromatic nitrogens is 3. The van der Waals surface area contributed by atoms with Gasteiger partial charge >= 0.3 is 5.69 Å². The predicted molar refractivity (Wildman–Crippen MR) is 73.2 cm³/mol. The topological polar surface area (TPSA) is 87.2 Å². The standard InChI is InChI=1S/C14H11N3O3/c1-8-7-10(12(18)9-5-3-2-4-6-9)11-13(19)15-14(20)16-17(8)11/h2-7H,1H3,(H2,15,16,19,20). The van der Waals surface area contributed by atoms with Gasteiger partial charge in [0.2, 0.25) is 0 Å². The van der Waals surface area contributed by atoms with Crippen LogP contribution in [0.3, 0.4) is 0 Å². The highest BCUT2D eigenvalue weighted by Crippen LogP contribution is 2.16. The molecule has 3 rings (SSSR count). The molecule has 6 heteroatoms. The Kier molecular flexibility index (Phi) is 2.64. The molecule has 0 saturated heterocycles. The minimum absolute atomic E-state index is 0.149. The number of nitrogens with zero attached hydrogens (tertiary/aromatic N) is 1. The van der Waals surface area contributed by atoms with E-state index in [4.69, 9.17) is 0 Å². The van der Waals surface area contributed by atoms with Crippen molar-refractivity contribution in [2.45, 2.75) is 6.92 Å². The Labute approximate surface area is 112 Å². The second-order valence-electron chi connectivity index (χ2n) is 4.47. The number of H-pyrrole nitrogens is 2. The zero-order chi connectivity index (χ0) is 14.3. The number of aryl methyl sites for hydroxylation is 1. The molecular weight excluding hydrogens is 258 g/mol. The number of hydrogen-bond acceptors (Lipinski definition) is 3. The van der Waals surface area contributed by atoms with Crippen molar-refractivity contribution < 1.29 is 4.79 Å². The zero-order valence-corrected chi connectivity index (χ0v) is 10.6. The Hall–Kier alpha value is -2.89. The fraction of sp³-hybridized carbons (Fsp3) is 0.0714. The second kappa shape index (κ2) is 4.34. The van der Waals surface area contributed by atoms with Crippen molar-refractivity contribution in [1.82, 2.24) is 14.6 Å². The van der Waals surface area contributed by atoms with Gasteiger partial charge in [-0.15, -0.1) is 0 Å². The molecule has 20 heavy (non-hydrogen) atoms. The quantitative estimate of drug-likeness (QED) is 0.676. The lowest BCUT2D eigenvalue weighted by Crippen LogP contribution is -2.26. The van der Waals surface area contributed by atoms with Gasteiger partial charge in [0.25, 0.3) is 5.56 Å². The summed E-state index contributed by atoms with van der Waals surface area (Å²) >= 11 is 0. The average Bonchev–Trinajstić information content (AvgIpc) is 2.77. The van der Waals surface area contributed by atoms with E-state index < -0.39 is 11.2 Å². The number of hydrogen-bond donors (Lipinski definition) is 2. The molecule has 0 amide bonds. The fourth-order valence-corrected chi connectivity index (χ4v) is 2.22. The molecule has 0 saturated carbocycles. The Morgan fingerprint density at radius 2 is 1.85 bits per heavy atom. The molecule has 0 spiro atoms. The van der Waals surface area contributed by atoms with Crippen LogP contribution in [0.4, 0.5) is 0 Å². The number of rotatable bonds is 2. The lowest BCUT2D eigenvalue weighted by molar-refractivity contribution is 0.104. The summed E-state index contributed by atoms with van der Waals surface area (Å²) in [4.78, 5) is 37.8. The summed E-state index contributed by atoms with van der Waals surface area (Å²) in [6.45, 7) is 1.71. The Morgan fingerprint density at radius 3 is 2.55 bits per heavy atom. The third-order valence-electron chi connectivity index (χ3n) is 3.12. The van der Waals surface area contributed by atoms with Crippen molar-refractivity contribution in [3.63, 3.8) is 0 Å². The molecule has 0 fully saturated rings. The maximum atomic E-state index is 12.5. The minimum Gasteiger partial charge on any atom is -0.289 e. The van der Waals surface area contributed by atoms with E-state index in [2.05, 4.69) is 10.1 Å². The van der Waals surface area contributed by atoms with Gasteiger partial charge in [0.1, 0.15) is 5.52 Å². The molecule has 0 aliphatic heterocycles. The van der Waals surface area contributed by atoms with Crippen molar-refractivity contribution >= 4 is 11.3 Å². The van der Waals surface area contributed by atoms with E-state index in [0.29, 0.717) is 11.3 Å². The predicted octanol–water partition coefficient (Wildman–Crippen LogP) is 0.855. The first-order valence-corrected chi connectivity index (χ1v) is 6.02. The van der Waals surface area contributed by atoms with E-state index in [-0.39, 0.29) is 16.9 Å². The zero-order valence-electron chi connectivity index (χ0n) is 10.6. The van der Waals surface area contributed by atoms with Gasteiger partial charge in [-0.1, -0.05) is 30.3 Å². The van der Waals surface area contributed by atoms with Crippen LogP contribution >= 0.6 is 0 Å². The van der Waals surface area contributed by atoms with Crippen LogP contribution < -0.4 is 11.2 Å². The number of aromatic amines is 2. The number of ketones is 1. The molecule has 2 heterocycles. The summed E-state index contributed by atoms with van der Waals surface area (Å²) in [6, 6.07) is 10.3. The number of nitrogens with one attached hydrogen (secondary N) is 2. The second-order valence-corrected chi connectivity index (χ2v) is 4.47. The molecule has 0 unspecified atom stereocenters. The molecule has 3 aromatic rings. The molecule has 1 aromatic carbocycles. The van der Waals surface area contributed by atoms with Gasteiger partial charge in [-0.2, -0.15) is 0 Å². The fourth-order valence-electron chi connectivity index (χ4n) is 2.22. The van der Waals surface area contributed by atoms with Crippen molar-refractivity contribution in [3.05, 3.63) is 74.1 Å². The number of carbonyl (C=O) groups is 1. The van der Waals surface area contributed by atoms with Crippen LogP contribution in [0.2, 0.25) is 0 Å². The molecule has 0 aliphatic carbocycles. The number of fused-ring (bicyclic) bond motifs is 1. The van der Waals surface area contributed by atoms with E-state index in [1.54, 1.807) is 37.3 Å². The first kappa shape index (κ1) is 12.2. The molecule has 0 bridgehead atoms. The Bertz CT molecular complexity index is 916. The first-order chi connectivity index (χ1) is 9.58. The van der Waals surface area contributed by atoms with Crippen LogP contribution in [0.5, 0.6) is 0 Å². The van der Waals surface area contributed by atoms with Crippen LogP contribution in [0, 0.1) is 6.92 Å². The summed E-state index contributed by atoms with van der Waals surface area (Å²) in [5.74, 6) is -0.256. The van der Waals surface area contributed by atoms with Crippen LogP contribution in [-0.2, 0) is 0 Å². The maximum absolute atomic E-state index is 12.5. The Balaban J connectivity index is 2.31. The van der Waals surface area contributed by atoms with Crippen LogP contribution in [0.25, 0.3) is 5.52 Å². The smallest absolute Gasteiger partial charge is 0.289 e. The van der Waals surface area contributed by atoms with Crippen LogP contribution in [0.1, 0.15) is 21.6 Å². The van der Waals surface area contributed by atoms with Crippen LogP contribution in [0.15, 0.2) is 46.0 Å².